The van der Waals surface area contributed by atoms with Crippen molar-refractivity contribution in [3.63, 3.8) is 0 Å². The van der Waals surface area contributed by atoms with Crippen molar-refractivity contribution in [2.45, 2.75) is 19.9 Å². The van der Waals surface area contributed by atoms with Crippen molar-refractivity contribution in [2.75, 3.05) is 6.54 Å². The van der Waals surface area contributed by atoms with E-state index in [4.69, 9.17) is 17.3 Å². The van der Waals surface area contributed by atoms with Crippen LogP contribution in [0.5, 0.6) is 0 Å². The van der Waals surface area contributed by atoms with Gasteiger partial charge in [-0.05, 0) is 24.1 Å². The van der Waals surface area contributed by atoms with Gasteiger partial charge >= 0.3 is 0 Å². The third-order valence-corrected chi connectivity index (χ3v) is 2.26. The molecule has 0 radical (unpaired) electrons. The van der Waals surface area contributed by atoms with E-state index in [1.807, 2.05) is 6.92 Å². The Hall–Kier alpha value is -0.560. The van der Waals surface area contributed by atoms with Gasteiger partial charge in [-0.1, -0.05) is 24.6 Å². The molecule has 0 atom stereocenters. The van der Waals surface area contributed by atoms with Crippen LogP contribution < -0.4 is 11.1 Å². The van der Waals surface area contributed by atoms with Crippen LogP contribution in [0.4, 0.5) is 4.39 Å². The van der Waals surface area contributed by atoms with Crippen molar-refractivity contribution in [3.8, 4) is 0 Å². The van der Waals surface area contributed by atoms with E-state index in [9.17, 15) is 4.39 Å². The second kappa shape index (κ2) is 8.52. The smallest absolute Gasteiger partial charge is 0.188 e. The Balaban J connectivity index is 0.00000256. The molecule has 0 aromatic heterocycles. The SMILES string of the molecule is CCCNC(N)=NCc1ccc(F)c(Cl)c1.I. The highest BCUT2D eigenvalue weighted by Crippen LogP contribution is 2.16. The summed E-state index contributed by atoms with van der Waals surface area (Å²) in [6.45, 7) is 3.22. The topological polar surface area (TPSA) is 50.4 Å². The molecule has 0 heterocycles. The van der Waals surface area contributed by atoms with Crippen molar-refractivity contribution in [3.05, 3.63) is 34.6 Å². The fraction of sp³-hybridized carbons (Fsp3) is 0.364. The van der Waals surface area contributed by atoms with E-state index in [0.29, 0.717) is 12.5 Å². The fourth-order valence-corrected chi connectivity index (χ4v) is 1.33. The number of nitrogens with one attached hydrogen (secondary N) is 1. The Morgan fingerprint density at radius 2 is 2.24 bits per heavy atom. The molecule has 0 bridgehead atoms. The molecule has 0 amide bonds. The second-order valence-corrected chi connectivity index (χ2v) is 3.78. The van der Waals surface area contributed by atoms with Gasteiger partial charge in [0.05, 0.1) is 11.6 Å². The van der Waals surface area contributed by atoms with Crippen LogP contribution in [0.2, 0.25) is 5.02 Å². The predicted molar refractivity (Wildman–Crippen MR) is 80.4 cm³/mol. The Labute approximate surface area is 123 Å². The van der Waals surface area contributed by atoms with Crippen molar-refractivity contribution in [2.24, 2.45) is 10.7 Å². The Kier molecular flexibility index (Phi) is 8.24. The summed E-state index contributed by atoms with van der Waals surface area (Å²) in [4.78, 5) is 4.10. The van der Waals surface area contributed by atoms with Gasteiger partial charge in [0.1, 0.15) is 5.82 Å². The van der Waals surface area contributed by atoms with E-state index in [-0.39, 0.29) is 29.0 Å². The molecule has 0 aliphatic heterocycles. The Bertz CT molecular complexity index is 385. The summed E-state index contributed by atoms with van der Waals surface area (Å²) in [6, 6.07) is 4.51. The normalized spacial score (nSPS) is 10.9. The number of benzene rings is 1. The summed E-state index contributed by atoms with van der Waals surface area (Å²) >= 11 is 5.64. The number of rotatable bonds is 4. The lowest BCUT2D eigenvalue weighted by Gasteiger charge is -2.03. The number of nitrogens with two attached hydrogens (primary N) is 1. The molecule has 0 saturated carbocycles. The number of aliphatic imine (C=N–C) groups is 1. The van der Waals surface area contributed by atoms with E-state index >= 15 is 0 Å². The third kappa shape index (κ3) is 6.07. The molecule has 3 nitrogen and oxygen atoms in total. The summed E-state index contributed by atoms with van der Waals surface area (Å²) in [5.41, 5.74) is 6.43. The zero-order valence-corrected chi connectivity index (χ0v) is 12.6. The average Bonchev–Trinajstić information content (AvgIpc) is 2.28. The molecule has 0 aliphatic carbocycles. The van der Waals surface area contributed by atoms with E-state index in [1.54, 1.807) is 12.1 Å². The van der Waals surface area contributed by atoms with Crippen molar-refractivity contribution in [1.82, 2.24) is 5.32 Å². The summed E-state index contributed by atoms with van der Waals surface area (Å²) in [5, 5.41) is 3.05. The molecule has 1 aromatic rings. The van der Waals surface area contributed by atoms with Crippen LogP contribution in [-0.4, -0.2) is 12.5 Å². The van der Waals surface area contributed by atoms with Gasteiger partial charge in [-0.15, -0.1) is 24.0 Å². The Morgan fingerprint density at radius 3 is 2.82 bits per heavy atom. The molecular formula is C11H16ClFIN3. The van der Waals surface area contributed by atoms with E-state index in [1.165, 1.54) is 6.07 Å². The standard InChI is InChI=1S/C11H15ClFN3.HI/c1-2-5-15-11(14)16-7-8-3-4-10(13)9(12)6-8;/h3-4,6H,2,5,7H2,1H3,(H3,14,15,16);1H. The molecule has 96 valence electrons. The first-order valence-corrected chi connectivity index (χ1v) is 5.49. The quantitative estimate of drug-likeness (QED) is 0.486. The number of hydrogen-bond donors (Lipinski definition) is 2. The highest BCUT2D eigenvalue weighted by Gasteiger charge is 2.00. The zero-order valence-electron chi connectivity index (χ0n) is 9.54. The average molecular weight is 372 g/mol. The lowest BCUT2D eigenvalue weighted by molar-refractivity contribution is 0.627. The zero-order chi connectivity index (χ0) is 12.0. The fourth-order valence-electron chi connectivity index (χ4n) is 1.12. The maximum absolute atomic E-state index is 12.9. The summed E-state index contributed by atoms with van der Waals surface area (Å²) in [6.07, 6.45) is 0.985. The number of nitrogens with zero attached hydrogens (tertiary/aromatic N) is 1. The molecule has 3 N–H and O–H groups in total. The molecular weight excluding hydrogens is 355 g/mol. The van der Waals surface area contributed by atoms with Gasteiger partial charge in [0.2, 0.25) is 0 Å². The minimum absolute atomic E-state index is 0. The first-order valence-electron chi connectivity index (χ1n) is 5.11. The third-order valence-electron chi connectivity index (χ3n) is 1.97. The van der Waals surface area contributed by atoms with Gasteiger partial charge in [-0.3, -0.25) is 0 Å². The van der Waals surface area contributed by atoms with Crippen LogP contribution in [0.1, 0.15) is 18.9 Å². The molecule has 17 heavy (non-hydrogen) atoms. The van der Waals surface area contributed by atoms with Crippen LogP contribution >= 0.6 is 35.6 Å². The van der Waals surface area contributed by atoms with Gasteiger partial charge in [0.25, 0.3) is 0 Å². The van der Waals surface area contributed by atoms with Gasteiger partial charge in [0, 0.05) is 6.54 Å². The largest absolute Gasteiger partial charge is 0.370 e. The molecule has 1 aromatic carbocycles. The predicted octanol–water partition coefficient (Wildman–Crippen LogP) is 2.91. The highest BCUT2D eigenvalue weighted by atomic mass is 127. The number of guanidine groups is 1. The van der Waals surface area contributed by atoms with Crippen molar-refractivity contribution >= 4 is 41.5 Å². The monoisotopic (exact) mass is 371 g/mol. The van der Waals surface area contributed by atoms with Crippen LogP contribution in [0.15, 0.2) is 23.2 Å². The summed E-state index contributed by atoms with van der Waals surface area (Å²) in [7, 11) is 0. The molecule has 6 heteroatoms. The number of halogens is 3. The molecule has 0 unspecified atom stereocenters. The minimum atomic E-state index is -0.425. The second-order valence-electron chi connectivity index (χ2n) is 3.38. The molecule has 1 rings (SSSR count). The van der Waals surface area contributed by atoms with E-state index in [0.717, 1.165) is 18.5 Å². The highest BCUT2D eigenvalue weighted by molar-refractivity contribution is 14.0. The lowest BCUT2D eigenvalue weighted by atomic mass is 10.2. The van der Waals surface area contributed by atoms with Crippen LogP contribution in [-0.2, 0) is 6.54 Å². The summed E-state index contributed by atoms with van der Waals surface area (Å²) < 4.78 is 12.9. The van der Waals surface area contributed by atoms with Gasteiger partial charge < -0.3 is 11.1 Å². The van der Waals surface area contributed by atoms with Gasteiger partial charge in [-0.25, -0.2) is 9.38 Å². The van der Waals surface area contributed by atoms with Gasteiger partial charge in [0.15, 0.2) is 5.96 Å². The van der Waals surface area contributed by atoms with Crippen molar-refractivity contribution in [1.29, 1.82) is 0 Å². The maximum atomic E-state index is 12.9. The molecule has 0 aliphatic rings. The van der Waals surface area contributed by atoms with Crippen LogP contribution in [0.25, 0.3) is 0 Å². The first-order chi connectivity index (χ1) is 7.63. The maximum Gasteiger partial charge on any atom is 0.188 e. The molecule has 0 spiro atoms. The van der Waals surface area contributed by atoms with Crippen LogP contribution in [0.3, 0.4) is 0 Å². The summed E-state index contributed by atoms with van der Waals surface area (Å²) in [5.74, 6) is -0.0335. The number of hydrogen-bond acceptors (Lipinski definition) is 1. The van der Waals surface area contributed by atoms with Gasteiger partial charge in [-0.2, -0.15) is 0 Å². The van der Waals surface area contributed by atoms with Crippen molar-refractivity contribution < 1.29 is 4.39 Å². The van der Waals surface area contributed by atoms with E-state index in [2.05, 4.69) is 10.3 Å². The first kappa shape index (κ1) is 16.4. The molecule has 0 saturated heterocycles. The van der Waals surface area contributed by atoms with Crippen LogP contribution in [0, 0.1) is 5.82 Å². The van der Waals surface area contributed by atoms with E-state index < -0.39 is 5.82 Å². The molecule has 0 fully saturated rings. The Morgan fingerprint density at radius 1 is 1.53 bits per heavy atom. The lowest BCUT2D eigenvalue weighted by Crippen LogP contribution is -2.32. The minimum Gasteiger partial charge on any atom is -0.370 e.